The topological polar surface area (TPSA) is 38.7 Å². The number of aliphatic hydroxyl groups is 1. The van der Waals surface area contributed by atoms with E-state index in [4.69, 9.17) is 0 Å². The number of hydrogen-bond donors (Lipinski definition) is 2. The Morgan fingerprint density at radius 1 is 1.67 bits per heavy atom. The Hall–Kier alpha value is -0.840. The fourth-order valence-corrected chi connectivity index (χ4v) is 2.22. The molecular formula is C11H19N3O. The number of hydrogen-bond acceptors (Lipinski definition) is 4. The lowest BCUT2D eigenvalue weighted by Crippen LogP contribution is -2.41. The fourth-order valence-electron chi connectivity index (χ4n) is 2.22. The highest BCUT2D eigenvalue weighted by atomic mass is 16.3. The molecule has 2 N–H and O–H groups in total. The van der Waals surface area contributed by atoms with Gasteiger partial charge in [0.25, 0.3) is 0 Å². The summed E-state index contributed by atoms with van der Waals surface area (Å²) in [6, 6.07) is 0.137. The Morgan fingerprint density at radius 2 is 2.40 bits per heavy atom. The summed E-state index contributed by atoms with van der Waals surface area (Å²) < 4.78 is 0. The first kappa shape index (κ1) is 10.7. The van der Waals surface area contributed by atoms with E-state index in [1.807, 2.05) is 19.0 Å². The summed E-state index contributed by atoms with van der Waals surface area (Å²) >= 11 is 0. The predicted molar refractivity (Wildman–Crippen MR) is 59.8 cm³/mol. The maximum Gasteiger partial charge on any atom is 0.157 e. The van der Waals surface area contributed by atoms with Gasteiger partial charge in [0.05, 0.1) is 11.7 Å². The number of nitrogens with one attached hydrogen (secondary N) is 1. The molecular weight excluding hydrogens is 190 g/mol. The van der Waals surface area contributed by atoms with E-state index in [-0.39, 0.29) is 6.04 Å². The molecule has 0 radical (unpaired) electrons. The predicted octanol–water partition coefficient (Wildman–Crippen LogP) is 0.289. The molecule has 1 fully saturated rings. The molecule has 0 bridgehead atoms. The van der Waals surface area contributed by atoms with Crippen molar-refractivity contribution in [1.29, 1.82) is 0 Å². The van der Waals surface area contributed by atoms with Crippen LogP contribution in [0.5, 0.6) is 0 Å². The minimum absolute atomic E-state index is 0.137. The molecule has 1 saturated heterocycles. The van der Waals surface area contributed by atoms with Gasteiger partial charge >= 0.3 is 0 Å². The molecule has 4 heteroatoms. The van der Waals surface area contributed by atoms with Crippen LogP contribution in [0.25, 0.3) is 0 Å². The molecule has 0 amide bonds. The molecule has 0 aliphatic carbocycles. The van der Waals surface area contributed by atoms with Crippen LogP contribution in [-0.2, 0) is 0 Å². The second-order valence-corrected chi connectivity index (χ2v) is 4.09. The number of hydrazine groups is 1. The maximum atomic E-state index is 10.1. The molecule has 0 saturated carbocycles. The second-order valence-electron chi connectivity index (χ2n) is 4.09. The standard InChI is InChI=1S/C11H19N3O/c1-4-8(2)10-5-6-13-7-9(12-3)11(15)14(10)13/h4-5,9,11-12,15H,6-7H2,1-3H3/b8-4+. The van der Waals surface area contributed by atoms with Gasteiger partial charge in [-0.05, 0) is 32.5 Å². The molecule has 2 aliphatic rings. The number of rotatable bonds is 2. The highest BCUT2D eigenvalue weighted by Gasteiger charge is 2.41. The number of fused-ring (bicyclic) bond motifs is 1. The quantitative estimate of drug-likeness (QED) is 0.685. The highest BCUT2D eigenvalue weighted by Crippen LogP contribution is 2.30. The van der Waals surface area contributed by atoms with E-state index in [2.05, 4.69) is 29.4 Å². The Bertz CT molecular complexity index is 311. The molecule has 2 atom stereocenters. The van der Waals surface area contributed by atoms with Crippen LogP contribution in [0.1, 0.15) is 13.8 Å². The van der Waals surface area contributed by atoms with Gasteiger partial charge in [0.15, 0.2) is 6.23 Å². The van der Waals surface area contributed by atoms with Crippen molar-refractivity contribution in [1.82, 2.24) is 15.3 Å². The van der Waals surface area contributed by atoms with Crippen LogP contribution in [0.4, 0.5) is 0 Å². The molecule has 0 aromatic rings. The summed E-state index contributed by atoms with van der Waals surface area (Å²) in [5.74, 6) is 0. The van der Waals surface area contributed by atoms with E-state index >= 15 is 0 Å². The van der Waals surface area contributed by atoms with Crippen molar-refractivity contribution >= 4 is 0 Å². The molecule has 2 rings (SSSR count). The zero-order valence-corrected chi connectivity index (χ0v) is 9.57. The van der Waals surface area contributed by atoms with Crippen molar-refractivity contribution in [3.05, 3.63) is 23.4 Å². The third-order valence-corrected chi connectivity index (χ3v) is 3.27. The minimum Gasteiger partial charge on any atom is -0.371 e. The summed E-state index contributed by atoms with van der Waals surface area (Å²) in [4.78, 5) is 0. The average molecular weight is 209 g/mol. The molecule has 0 aromatic heterocycles. The number of allylic oxidation sites excluding steroid dienone is 2. The zero-order chi connectivity index (χ0) is 11.0. The second kappa shape index (κ2) is 3.96. The normalized spacial score (nSPS) is 32.1. The van der Waals surface area contributed by atoms with Gasteiger partial charge in [-0.2, -0.15) is 0 Å². The van der Waals surface area contributed by atoms with Crippen molar-refractivity contribution in [2.45, 2.75) is 26.1 Å². The minimum atomic E-state index is -0.446. The van der Waals surface area contributed by atoms with Gasteiger partial charge in [-0.25, -0.2) is 5.01 Å². The zero-order valence-electron chi connectivity index (χ0n) is 9.57. The summed E-state index contributed by atoms with van der Waals surface area (Å²) in [7, 11) is 1.89. The van der Waals surface area contributed by atoms with Crippen LogP contribution in [0.2, 0.25) is 0 Å². The van der Waals surface area contributed by atoms with Gasteiger partial charge in [-0.1, -0.05) is 6.08 Å². The Morgan fingerprint density at radius 3 is 3.00 bits per heavy atom. The van der Waals surface area contributed by atoms with Gasteiger partial charge in [0.1, 0.15) is 0 Å². The lowest BCUT2D eigenvalue weighted by molar-refractivity contribution is -0.0382. The van der Waals surface area contributed by atoms with E-state index < -0.39 is 6.23 Å². The lowest BCUT2D eigenvalue weighted by atomic mass is 10.2. The van der Waals surface area contributed by atoms with Crippen LogP contribution in [0.3, 0.4) is 0 Å². The molecule has 2 heterocycles. The maximum absolute atomic E-state index is 10.1. The van der Waals surface area contributed by atoms with Crippen molar-refractivity contribution in [2.24, 2.45) is 0 Å². The van der Waals surface area contributed by atoms with Crippen LogP contribution < -0.4 is 5.32 Å². The third kappa shape index (κ3) is 1.58. The lowest BCUT2D eigenvalue weighted by Gasteiger charge is -2.28. The van der Waals surface area contributed by atoms with Crippen molar-refractivity contribution in [2.75, 3.05) is 20.1 Å². The molecule has 0 spiro atoms. The van der Waals surface area contributed by atoms with E-state index in [9.17, 15) is 5.11 Å². The van der Waals surface area contributed by atoms with Crippen molar-refractivity contribution < 1.29 is 5.11 Å². The first-order chi connectivity index (χ1) is 7.19. The molecule has 4 nitrogen and oxygen atoms in total. The van der Waals surface area contributed by atoms with Crippen LogP contribution in [-0.4, -0.2) is 47.5 Å². The van der Waals surface area contributed by atoms with E-state index in [0.29, 0.717) is 0 Å². The number of likely N-dealkylation sites (N-methyl/N-ethyl adjacent to an activating group) is 1. The smallest absolute Gasteiger partial charge is 0.157 e. The van der Waals surface area contributed by atoms with Gasteiger partial charge in [-0.3, -0.25) is 5.01 Å². The first-order valence-corrected chi connectivity index (χ1v) is 5.42. The number of aliphatic hydroxyl groups excluding tert-OH is 1. The van der Waals surface area contributed by atoms with Gasteiger partial charge < -0.3 is 10.4 Å². The Balaban J connectivity index is 2.20. The summed E-state index contributed by atoms with van der Waals surface area (Å²) in [5, 5.41) is 17.4. The number of nitrogens with zero attached hydrogens (tertiary/aromatic N) is 2. The molecule has 84 valence electrons. The van der Waals surface area contributed by atoms with E-state index in [0.717, 1.165) is 18.8 Å². The summed E-state index contributed by atoms with van der Waals surface area (Å²) in [5.41, 5.74) is 2.36. The SMILES string of the molecule is C/C=C(\C)C1=CCN2CC(NC)C(O)N12. The molecule has 2 aliphatic heterocycles. The van der Waals surface area contributed by atoms with Crippen LogP contribution in [0.15, 0.2) is 23.4 Å². The molecule has 0 aromatic carbocycles. The van der Waals surface area contributed by atoms with Crippen LogP contribution in [0, 0.1) is 0 Å². The first-order valence-electron chi connectivity index (χ1n) is 5.42. The van der Waals surface area contributed by atoms with Crippen molar-refractivity contribution in [3.8, 4) is 0 Å². The summed E-state index contributed by atoms with van der Waals surface area (Å²) in [6.07, 6.45) is 3.80. The van der Waals surface area contributed by atoms with Gasteiger partial charge in [0.2, 0.25) is 0 Å². The Labute approximate surface area is 90.8 Å². The van der Waals surface area contributed by atoms with E-state index in [1.165, 1.54) is 5.57 Å². The van der Waals surface area contributed by atoms with Gasteiger partial charge in [-0.15, -0.1) is 0 Å². The highest BCUT2D eigenvalue weighted by molar-refractivity contribution is 5.31. The van der Waals surface area contributed by atoms with Crippen molar-refractivity contribution in [3.63, 3.8) is 0 Å². The molecule has 2 unspecified atom stereocenters. The molecule has 15 heavy (non-hydrogen) atoms. The average Bonchev–Trinajstić information content (AvgIpc) is 2.78. The van der Waals surface area contributed by atoms with Gasteiger partial charge in [0, 0.05) is 13.1 Å². The third-order valence-electron chi connectivity index (χ3n) is 3.27. The fraction of sp³-hybridized carbons (Fsp3) is 0.636. The van der Waals surface area contributed by atoms with E-state index in [1.54, 1.807) is 0 Å². The monoisotopic (exact) mass is 209 g/mol. The largest absolute Gasteiger partial charge is 0.371 e. The Kier molecular flexibility index (Phi) is 2.82. The summed E-state index contributed by atoms with van der Waals surface area (Å²) in [6.45, 7) is 5.87. The van der Waals surface area contributed by atoms with Crippen LogP contribution >= 0.6 is 0 Å².